The number of rotatable bonds is 5. The van der Waals surface area contributed by atoms with E-state index in [9.17, 15) is 9.59 Å². The van der Waals surface area contributed by atoms with Crippen molar-refractivity contribution in [2.75, 3.05) is 7.11 Å². The largest absolute Gasteiger partial charge is 0.497 e. The molecule has 1 amide bonds. The highest BCUT2D eigenvalue weighted by Crippen LogP contribution is 2.11. The molecule has 2 rings (SSSR count). The molecule has 2 N–H and O–H groups in total. The Morgan fingerprint density at radius 2 is 2.00 bits per heavy atom. The van der Waals surface area contributed by atoms with E-state index in [4.69, 9.17) is 9.84 Å². The second-order valence-electron chi connectivity index (χ2n) is 4.40. The van der Waals surface area contributed by atoms with Gasteiger partial charge in [0.1, 0.15) is 5.75 Å². The molecule has 1 aromatic carbocycles. The molecule has 7 heteroatoms. The molecule has 0 bridgehead atoms. The lowest BCUT2D eigenvalue weighted by atomic mass is 10.2. The molecule has 7 nitrogen and oxygen atoms in total. The molecule has 0 saturated carbocycles. The van der Waals surface area contributed by atoms with Crippen molar-refractivity contribution in [3.05, 3.63) is 47.3 Å². The smallest absolute Gasteiger partial charge is 0.357 e. The van der Waals surface area contributed by atoms with Crippen molar-refractivity contribution in [1.29, 1.82) is 0 Å². The normalized spacial score (nSPS) is 10.2. The average molecular weight is 289 g/mol. The number of carboxylic acids is 1. The molecule has 0 aliphatic rings. The van der Waals surface area contributed by atoms with Gasteiger partial charge in [-0.25, -0.2) is 4.79 Å². The van der Waals surface area contributed by atoms with Crippen LogP contribution in [0.3, 0.4) is 0 Å². The average Bonchev–Trinajstić information content (AvgIpc) is 2.87. The number of methoxy groups -OCH3 is 1. The molecule has 0 aliphatic carbocycles. The van der Waals surface area contributed by atoms with Crippen molar-refractivity contribution in [3.8, 4) is 5.75 Å². The van der Waals surface area contributed by atoms with Crippen LogP contribution in [-0.2, 0) is 13.6 Å². The van der Waals surface area contributed by atoms with Crippen LogP contribution >= 0.6 is 0 Å². The number of hydrogen-bond donors (Lipinski definition) is 2. The van der Waals surface area contributed by atoms with Crippen LogP contribution in [0.2, 0.25) is 0 Å². The van der Waals surface area contributed by atoms with Gasteiger partial charge in [0.25, 0.3) is 5.91 Å². The van der Waals surface area contributed by atoms with Crippen LogP contribution in [0.4, 0.5) is 0 Å². The van der Waals surface area contributed by atoms with Gasteiger partial charge in [-0.1, -0.05) is 12.1 Å². The zero-order chi connectivity index (χ0) is 15.4. The van der Waals surface area contributed by atoms with Crippen molar-refractivity contribution in [1.82, 2.24) is 15.1 Å². The summed E-state index contributed by atoms with van der Waals surface area (Å²) < 4.78 is 6.34. The molecule has 0 atom stereocenters. The zero-order valence-electron chi connectivity index (χ0n) is 11.7. The molecule has 0 saturated heterocycles. The Morgan fingerprint density at radius 3 is 2.57 bits per heavy atom. The van der Waals surface area contributed by atoms with E-state index in [0.29, 0.717) is 0 Å². The lowest BCUT2D eigenvalue weighted by Crippen LogP contribution is -2.24. The van der Waals surface area contributed by atoms with Crippen LogP contribution in [0.5, 0.6) is 5.75 Å². The van der Waals surface area contributed by atoms with E-state index in [1.54, 1.807) is 26.3 Å². The van der Waals surface area contributed by atoms with Crippen LogP contribution < -0.4 is 10.1 Å². The maximum Gasteiger partial charge on any atom is 0.357 e. The summed E-state index contributed by atoms with van der Waals surface area (Å²) in [6, 6.07) is 7.21. The first-order chi connectivity index (χ1) is 10.0. The third kappa shape index (κ3) is 3.38. The molecule has 0 unspecified atom stereocenters. The number of aromatic carboxylic acids is 1. The first-order valence-electron chi connectivity index (χ1n) is 6.19. The fourth-order valence-corrected chi connectivity index (χ4v) is 1.83. The Hall–Kier alpha value is -2.83. The Balaban J connectivity index is 2.06. The van der Waals surface area contributed by atoms with Gasteiger partial charge in [0.15, 0.2) is 5.69 Å². The number of carbonyl (C=O) groups is 2. The summed E-state index contributed by atoms with van der Waals surface area (Å²) in [7, 11) is 3.14. The Morgan fingerprint density at radius 1 is 1.33 bits per heavy atom. The molecule has 21 heavy (non-hydrogen) atoms. The first kappa shape index (κ1) is 14.6. The fraction of sp³-hybridized carbons (Fsp3) is 0.214. The van der Waals surface area contributed by atoms with Crippen molar-refractivity contribution in [2.24, 2.45) is 7.05 Å². The number of nitrogens with zero attached hydrogens (tertiary/aromatic N) is 2. The summed E-state index contributed by atoms with van der Waals surface area (Å²) in [6.07, 6.45) is 1.38. The van der Waals surface area contributed by atoms with Crippen LogP contribution in [0.25, 0.3) is 0 Å². The van der Waals surface area contributed by atoms with Gasteiger partial charge in [0.2, 0.25) is 0 Å². The van der Waals surface area contributed by atoms with Gasteiger partial charge in [-0.2, -0.15) is 5.10 Å². The number of carbonyl (C=O) groups excluding carboxylic acids is 1. The monoisotopic (exact) mass is 289 g/mol. The molecule has 110 valence electrons. The lowest BCUT2D eigenvalue weighted by molar-refractivity contribution is 0.0684. The molecular formula is C14H15N3O4. The third-order valence-electron chi connectivity index (χ3n) is 2.89. The molecule has 0 spiro atoms. The van der Waals surface area contributed by atoms with Gasteiger partial charge >= 0.3 is 5.97 Å². The topological polar surface area (TPSA) is 93.5 Å². The molecule has 0 fully saturated rings. The number of hydrogen-bond acceptors (Lipinski definition) is 4. The van der Waals surface area contributed by atoms with Crippen molar-refractivity contribution >= 4 is 11.9 Å². The molecule has 2 aromatic rings. The molecule has 1 heterocycles. The van der Waals surface area contributed by atoms with Crippen LogP contribution in [0.15, 0.2) is 30.5 Å². The highest BCUT2D eigenvalue weighted by molar-refractivity contribution is 6.03. The highest BCUT2D eigenvalue weighted by Gasteiger charge is 2.20. The second kappa shape index (κ2) is 6.08. The van der Waals surface area contributed by atoms with Gasteiger partial charge < -0.3 is 15.2 Å². The number of amides is 1. The Kier molecular flexibility index (Phi) is 4.22. The molecule has 0 radical (unpaired) electrons. The lowest BCUT2D eigenvalue weighted by Gasteiger charge is -2.05. The number of carboxylic acid groups (broad SMARTS) is 1. The van der Waals surface area contributed by atoms with E-state index in [-0.39, 0.29) is 17.8 Å². The SMILES string of the molecule is COc1ccc(CNC(=O)c2cn(C)nc2C(=O)O)cc1. The van der Waals surface area contributed by atoms with Crippen LogP contribution in [-0.4, -0.2) is 33.9 Å². The summed E-state index contributed by atoms with van der Waals surface area (Å²) in [4.78, 5) is 23.0. The Bertz CT molecular complexity index is 661. The Labute approximate surface area is 121 Å². The molecule has 0 aliphatic heterocycles. The van der Waals surface area contributed by atoms with Crippen LogP contribution in [0, 0.1) is 0 Å². The standard InChI is InChI=1S/C14H15N3O4/c1-17-8-11(12(16-17)14(19)20)13(18)15-7-9-3-5-10(21-2)6-4-9/h3-6,8H,7H2,1-2H3,(H,15,18)(H,19,20). The van der Waals surface area contributed by atoms with E-state index < -0.39 is 11.9 Å². The van der Waals surface area contributed by atoms with Crippen molar-refractivity contribution in [2.45, 2.75) is 6.54 Å². The number of aryl methyl sites for hydroxylation is 1. The van der Waals surface area contributed by atoms with E-state index in [1.807, 2.05) is 12.1 Å². The maximum absolute atomic E-state index is 12.0. The van der Waals surface area contributed by atoms with Crippen molar-refractivity contribution in [3.63, 3.8) is 0 Å². The quantitative estimate of drug-likeness (QED) is 0.858. The minimum atomic E-state index is -1.23. The summed E-state index contributed by atoms with van der Waals surface area (Å²) in [5.41, 5.74) is 0.660. The van der Waals surface area contributed by atoms with Crippen LogP contribution in [0.1, 0.15) is 26.4 Å². The summed E-state index contributed by atoms with van der Waals surface area (Å²) in [6.45, 7) is 0.288. The van der Waals surface area contributed by atoms with Crippen molar-refractivity contribution < 1.29 is 19.4 Å². The molecular weight excluding hydrogens is 274 g/mol. The summed E-state index contributed by atoms with van der Waals surface area (Å²) in [5.74, 6) is -0.980. The van der Waals surface area contributed by atoms with Gasteiger partial charge in [-0.3, -0.25) is 9.48 Å². The first-order valence-corrected chi connectivity index (χ1v) is 6.19. The minimum absolute atomic E-state index is 0.0403. The van der Waals surface area contributed by atoms with Gasteiger partial charge in [-0.15, -0.1) is 0 Å². The molecule has 1 aromatic heterocycles. The summed E-state index contributed by atoms with van der Waals surface area (Å²) >= 11 is 0. The van der Waals surface area contributed by atoms with Gasteiger partial charge in [-0.05, 0) is 17.7 Å². The minimum Gasteiger partial charge on any atom is -0.497 e. The third-order valence-corrected chi connectivity index (χ3v) is 2.89. The number of ether oxygens (including phenoxy) is 1. The predicted octanol–water partition coefficient (Wildman–Crippen LogP) is 1.06. The predicted molar refractivity (Wildman–Crippen MR) is 74.3 cm³/mol. The van der Waals surface area contributed by atoms with E-state index >= 15 is 0 Å². The van der Waals surface area contributed by atoms with Gasteiger partial charge in [0, 0.05) is 19.8 Å². The highest BCUT2D eigenvalue weighted by atomic mass is 16.5. The number of nitrogens with one attached hydrogen (secondary N) is 1. The van der Waals surface area contributed by atoms with E-state index in [2.05, 4.69) is 10.4 Å². The fourth-order valence-electron chi connectivity index (χ4n) is 1.83. The van der Waals surface area contributed by atoms with E-state index in [1.165, 1.54) is 10.9 Å². The number of benzene rings is 1. The zero-order valence-corrected chi connectivity index (χ0v) is 11.7. The summed E-state index contributed by atoms with van der Waals surface area (Å²) in [5, 5.41) is 15.4. The van der Waals surface area contributed by atoms with Gasteiger partial charge in [0.05, 0.1) is 12.7 Å². The number of aromatic nitrogens is 2. The second-order valence-corrected chi connectivity index (χ2v) is 4.40. The van der Waals surface area contributed by atoms with E-state index in [0.717, 1.165) is 11.3 Å². The maximum atomic E-state index is 12.0.